The maximum atomic E-state index is 12.0. The van der Waals surface area contributed by atoms with E-state index in [1.54, 1.807) is 31.3 Å². The van der Waals surface area contributed by atoms with E-state index < -0.39 is 5.91 Å². The van der Waals surface area contributed by atoms with Crippen molar-refractivity contribution in [3.05, 3.63) is 40.0 Å². The van der Waals surface area contributed by atoms with Gasteiger partial charge in [0.1, 0.15) is 11.6 Å². The first kappa shape index (κ1) is 16.3. The van der Waals surface area contributed by atoms with Gasteiger partial charge in [-0.1, -0.05) is 29.3 Å². The molecule has 1 aromatic rings. The van der Waals surface area contributed by atoms with Crippen molar-refractivity contribution in [3.8, 4) is 6.07 Å². The zero-order valence-electron chi connectivity index (χ0n) is 10.7. The molecular formula is C13H13Cl2N3O2. The second kappa shape index (κ2) is 7.75. The number of hydrogen-bond acceptors (Lipinski definition) is 4. The van der Waals surface area contributed by atoms with E-state index in [1.165, 1.54) is 11.1 Å². The number of halogens is 2. The SMILES string of the molecule is CN(/C=C(/C#N)C(=O)Nc1cccc(Cl)c1Cl)CCO. The second-order valence-electron chi connectivity index (χ2n) is 3.91. The van der Waals surface area contributed by atoms with Gasteiger partial charge in [0.05, 0.1) is 22.3 Å². The molecule has 20 heavy (non-hydrogen) atoms. The summed E-state index contributed by atoms with van der Waals surface area (Å²) in [6, 6.07) is 6.61. The Morgan fingerprint density at radius 1 is 1.55 bits per heavy atom. The average Bonchev–Trinajstić information content (AvgIpc) is 2.41. The molecule has 1 amide bonds. The van der Waals surface area contributed by atoms with Crippen LogP contribution in [0.3, 0.4) is 0 Å². The van der Waals surface area contributed by atoms with Gasteiger partial charge in [-0.05, 0) is 12.1 Å². The minimum Gasteiger partial charge on any atom is -0.395 e. The number of anilines is 1. The Bertz CT molecular complexity index is 567. The number of hydrogen-bond donors (Lipinski definition) is 2. The fraction of sp³-hybridized carbons (Fsp3) is 0.231. The van der Waals surface area contributed by atoms with E-state index in [0.29, 0.717) is 17.3 Å². The number of nitrogens with zero attached hydrogens (tertiary/aromatic N) is 2. The third kappa shape index (κ3) is 4.42. The summed E-state index contributed by atoms with van der Waals surface area (Å²) < 4.78 is 0. The molecule has 0 radical (unpaired) electrons. The lowest BCUT2D eigenvalue weighted by molar-refractivity contribution is -0.112. The number of amides is 1. The summed E-state index contributed by atoms with van der Waals surface area (Å²) in [5.74, 6) is -0.596. The first-order chi connectivity index (χ1) is 9.49. The average molecular weight is 314 g/mol. The van der Waals surface area contributed by atoms with Crippen molar-refractivity contribution in [1.82, 2.24) is 4.90 Å². The van der Waals surface area contributed by atoms with Crippen LogP contribution < -0.4 is 5.32 Å². The third-order valence-electron chi connectivity index (χ3n) is 2.37. The van der Waals surface area contributed by atoms with Crippen LogP contribution in [0.25, 0.3) is 0 Å². The minimum atomic E-state index is -0.596. The molecule has 0 aliphatic rings. The van der Waals surface area contributed by atoms with E-state index in [2.05, 4.69) is 5.32 Å². The molecule has 0 spiro atoms. The first-order valence-electron chi connectivity index (χ1n) is 5.68. The molecule has 0 atom stereocenters. The smallest absolute Gasteiger partial charge is 0.267 e. The van der Waals surface area contributed by atoms with Gasteiger partial charge in [0.15, 0.2) is 0 Å². The summed E-state index contributed by atoms with van der Waals surface area (Å²) in [5.41, 5.74) is 0.229. The molecular weight excluding hydrogens is 301 g/mol. The standard InChI is InChI=1S/C13H13Cl2N3O2/c1-18(5-6-19)8-9(7-16)13(20)17-11-4-2-3-10(14)12(11)15/h2-4,8,19H,5-6H2,1H3,(H,17,20)/b9-8-. The molecule has 5 nitrogen and oxygen atoms in total. The number of carbonyl (C=O) groups is 1. The molecule has 0 heterocycles. The third-order valence-corrected chi connectivity index (χ3v) is 3.19. The molecule has 0 aromatic heterocycles. The number of likely N-dealkylation sites (N-methyl/N-ethyl adjacent to an activating group) is 1. The molecule has 1 aromatic carbocycles. The Balaban J connectivity index is 2.89. The van der Waals surface area contributed by atoms with Crippen LogP contribution in [0.2, 0.25) is 10.0 Å². The lowest BCUT2D eigenvalue weighted by atomic mass is 10.2. The highest BCUT2D eigenvalue weighted by atomic mass is 35.5. The number of aliphatic hydroxyl groups is 1. The predicted molar refractivity (Wildman–Crippen MR) is 78.5 cm³/mol. The number of benzene rings is 1. The lowest BCUT2D eigenvalue weighted by Crippen LogP contribution is -2.20. The van der Waals surface area contributed by atoms with E-state index in [-0.39, 0.29) is 17.2 Å². The first-order valence-corrected chi connectivity index (χ1v) is 6.43. The number of rotatable bonds is 5. The summed E-state index contributed by atoms with van der Waals surface area (Å²) in [4.78, 5) is 13.5. The number of carbonyl (C=O) groups excluding carboxylic acids is 1. The van der Waals surface area contributed by atoms with Crippen molar-refractivity contribution >= 4 is 34.8 Å². The van der Waals surface area contributed by atoms with Gasteiger partial charge in [-0.2, -0.15) is 5.26 Å². The highest BCUT2D eigenvalue weighted by molar-refractivity contribution is 6.44. The summed E-state index contributed by atoms with van der Waals surface area (Å²) in [5, 5.41) is 20.8. The van der Waals surface area contributed by atoms with Gasteiger partial charge in [0.25, 0.3) is 5.91 Å². The second-order valence-corrected chi connectivity index (χ2v) is 4.70. The quantitative estimate of drug-likeness (QED) is 0.646. The van der Waals surface area contributed by atoms with Crippen LogP contribution >= 0.6 is 23.2 Å². The Morgan fingerprint density at radius 2 is 2.25 bits per heavy atom. The number of nitrogens with one attached hydrogen (secondary N) is 1. The summed E-state index contributed by atoms with van der Waals surface area (Å²) in [7, 11) is 1.65. The molecule has 0 fully saturated rings. The molecule has 7 heteroatoms. The molecule has 1 rings (SSSR count). The zero-order valence-corrected chi connectivity index (χ0v) is 12.2. The van der Waals surface area contributed by atoms with Crippen molar-refractivity contribution in [2.24, 2.45) is 0 Å². The fourth-order valence-electron chi connectivity index (χ4n) is 1.37. The van der Waals surface area contributed by atoms with E-state index in [0.717, 1.165) is 0 Å². The topological polar surface area (TPSA) is 76.4 Å². The van der Waals surface area contributed by atoms with Gasteiger partial charge in [-0.3, -0.25) is 4.79 Å². The summed E-state index contributed by atoms with van der Waals surface area (Å²) in [6.45, 7) is 0.240. The van der Waals surface area contributed by atoms with Crippen molar-refractivity contribution in [2.75, 3.05) is 25.5 Å². The highest BCUT2D eigenvalue weighted by Crippen LogP contribution is 2.29. The van der Waals surface area contributed by atoms with Crippen LogP contribution in [0.1, 0.15) is 0 Å². The van der Waals surface area contributed by atoms with Crippen LogP contribution in [-0.2, 0) is 4.79 Å². The largest absolute Gasteiger partial charge is 0.395 e. The fourth-order valence-corrected chi connectivity index (χ4v) is 1.72. The minimum absolute atomic E-state index is 0.0759. The van der Waals surface area contributed by atoms with Gasteiger partial charge in [-0.15, -0.1) is 0 Å². The van der Waals surface area contributed by atoms with E-state index >= 15 is 0 Å². The van der Waals surface area contributed by atoms with E-state index in [9.17, 15) is 4.79 Å². The van der Waals surface area contributed by atoms with Gasteiger partial charge >= 0.3 is 0 Å². The molecule has 0 unspecified atom stereocenters. The molecule has 0 saturated heterocycles. The monoisotopic (exact) mass is 313 g/mol. The lowest BCUT2D eigenvalue weighted by Gasteiger charge is -2.13. The van der Waals surface area contributed by atoms with Gasteiger partial charge in [0.2, 0.25) is 0 Å². The Hall–Kier alpha value is -1.74. The molecule has 106 valence electrons. The molecule has 2 N–H and O–H groups in total. The van der Waals surface area contributed by atoms with Crippen LogP contribution in [0.4, 0.5) is 5.69 Å². The molecule has 0 aliphatic carbocycles. The summed E-state index contributed by atoms with van der Waals surface area (Å²) >= 11 is 11.8. The van der Waals surface area contributed by atoms with Crippen LogP contribution in [0.5, 0.6) is 0 Å². The van der Waals surface area contributed by atoms with Crippen LogP contribution in [-0.4, -0.2) is 36.1 Å². The van der Waals surface area contributed by atoms with E-state index in [1.807, 2.05) is 0 Å². The number of aliphatic hydroxyl groups excluding tert-OH is 1. The normalized spacial score (nSPS) is 10.8. The van der Waals surface area contributed by atoms with Crippen LogP contribution in [0.15, 0.2) is 30.0 Å². The maximum absolute atomic E-state index is 12.0. The van der Waals surface area contributed by atoms with Crippen molar-refractivity contribution in [2.45, 2.75) is 0 Å². The van der Waals surface area contributed by atoms with Gasteiger partial charge in [0, 0.05) is 19.8 Å². The van der Waals surface area contributed by atoms with Crippen molar-refractivity contribution in [3.63, 3.8) is 0 Å². The Labute approximate surface area is 127 Å². The Morgan fingerprint density at radius 3 is 2.85 bits per heavy atom. The van der Waals surface area contributed by atoms with Crippen molar-refractivity contribution < 1.29 is 9.90 Å². The molecule has 0 bridgehead atoms. The summed E-state index contributed by atoms with van der Waals surface area (Å²) in [6.07, 6.45) is 1.35. The molecule has 0 aliphatic heterocycles. The van der Waals surface area contributed by atoms with Crippen molar-refractivity contribution in [1.29, 1.82) is 5.26 Å². The zero-order chi connectivity index (χ0) is 15.1. The van der Waals surface area contributed by atoms with Crippen LogP contribution in [0, 0.1) is 11.3 Å². The van der Waals surface area contributed by atoms with Gasteiger partial charge < -0.3 is 15.3 Å². The maximum Gasteiger partial charge on any atom is 0.267 e. The van der Waals surface area contributed by atoms with Gasteiger partial charge in [-0.25, -0.2) is 0 Å². The van der Waals surface area contributed by atoms with E-state index in [4.69, 9.17) is 33.6 Å². The Kier molecular flexibility index (Phi) is 6.32. The number of nitriles is 1. The predicted octanol–water partition coefficient (Wildman–Crippen LogP) is 2.26. The molecule has 0 saturated carbocycles. The highest BCUT2D eigenvalue weighted by Gasteiger charge is 2.13.